The number of nitrogens with zero attached hydrogens (tertiary/aromatic N) is 1. The summed E-state index contributed by atoms with van der Waals surface area (Å²) in [5, 5.41) is 9.84. The van der Waals surface area contributed by atoms with Gasteiger partial charge in [0.15, 0.2) is 0 Å². The summed E-state index contributed by atoms with van der Waals surface area (Å²) in [6.07, 6.45) is 1.67. The Labute approximate surface area is 125 Å². The molecule has 0 spiro atoms. The van der Waals surface area contributed by atoms with E-state index < -0.39 is 0 Å². The van der Waals surface area contributed by atoms with Crippen molar-refractivity contribution in [2.24, 2.45) is 17.2 Å². The lowest BCUT2D eigenvalue weighted by Gasteiger charge is -2.25. The predicted molar refractivity (Wildman–Crippen MR) is 84.8 cm³/mol. The van der Waals surface area contributed by atoms with E-state index >= 15 is 0 Å². The average Bonchev–Trinajstić information content (AvgIpc) is 2.46. The number of methoxy groups -OCH3 is 1. The summed E-state index contributed by atoms with van der Waals surface area (Å²) in [6.45, 7) is 3.89. The highest BCUT2D eigenvalue weighted by atomic mass is 16.5. The summed E-state index contributed by atoms with van der Waals surface area (Å²) >= 11 is 0. The van der Waals surface area contributed by atoms with Gasteiger partial charge in [-0.3, -0.25) is 0 Å². The second-order valence-corrected chi connectivity index (χ2v) is 4.53. The van der Waals surface area contributed by atoms with Crippen molar-refractivity contribution in [3.63, 3.8) is 0 Å². The molecule has 0 atom stereocenters. The third kappa shape index (κ3) is 4.61. The second kappa shape index (κ2) is 8.06. The third-order valence-corrected chi connectivity index (χ3v) is 3.09. The smallest absolute Gasteiger partial charge is 0.124 e. The number of likely N-dealkylation sites (N-methyl/N-ethyl adjacent to an activating group) is 1. The zero-order valence-electron chi connectivity index (χ0n) is 12.5. The number of phenolic OH excluding ortho intramolecular Hbond substituents is 1. The van der Waals surface area contributed by atoms with E-state index in [1.54, 1.807) is 37.5 Å². The Kier molecular flexibility index (Phi) is 6.42. The summed E-state index contributed by atoms with van der Waals surface area (Å²) < 4.78 is 5.07. The third-order valence-electron chi connectivity index (χ3n) is 3.09. The predicted octanol–water partition coefficient (Wildman–Crippen LogP) is 0.747. The number of para-hydroxylation sites is 1. The first kappa shape index (κ1) is 16.7. The largest absolute Gasteiger partial charge is 0.507 e. The van der Waals surface area contributed by atoms with Crippen molar-refractivity contribution in [1.82, 2.24) is 4.90 Å². The molecule has 0 unspecified atom stereocenters. The van der Waals surface area contributed by atoms with Crippen LogP contribution in [0.15, 0.2) is 41.9 Å². The Morgan fingerprint density at radius 1 is 1.29 bits per heavy atom. The highest BCUT2D eigenvalue weighted by molar-refractivity contribution is 5.69. The normalized spacial score (nSPS) is 11.2. The molecule has 116 valence electrons. The fraction of sp³-hybridized carbons (Fsp3) is 0.333. The fourth-order valence-corrected chi connectivity index (χ4v) is 1.95. The van der Waals surface area contributed by atoms with E-state index in [-0.39, 0.29) is 11.6 Å². The van der Waals surface area contributed by atoms with Gasteiger partial charge in [-0.25, -0.2) is 0 Å². The molecule has 0 bridgehead atoms. The number of phenols is 1. The van der Waals surface area contributed by atoms with Gasteiger partial charge in [0, 0.05) is 31.5 Å². The summed E-state index contributed by atoms with van der Waals surface area (Å²) in [5.74, 6) is 0.285. The van der Waals surface area contributed by atoms with Crippen LogP contribution in [0.2, 0.25) is 0 Å². The van der Waals surface area contributed by atoms with E-state index in [9.17, 15) is 5.11 Å². The molecule has 0 aromatic heterocycles. The molecule has 0 saturated carbocycles. The summed E-state index contributed by atoms with van der Waals surface area (Å²) in [5.41, 5.74) is 19.1. The molecule has 0 saturated heterocycles. The maximum atomic E-state index is 9.84. The van der Waals surface area contributed by atoms with Gasteiger partial charge < -0.3 is 31.9 Å². The monoisotopic (exact) mass is 292 g/mol. The van der Waals surface area contributed by atoms with E-state index in [0.717, 1.165) is 0 Å². The van der Waals surface area contributed by atoms with Crippen LogP contribution in [-0.2, 0) is 4.74 Å². The van der Waals surface area contributed by atoms with E-state index in [4.69, 9.17) is 21.9 Å². The van der Waals surface area contributed by atoms with Gasteiger partial charge >= 0.3 is 0 Å². The van der Waals surface area contributed by atoms with Gasteiger partial charge in [-0.2, -0.15) is 0 Å². The Balaban J connectivity index is 3.10. The molecular weight excluding hydrogens is 268 g/mol. The van der Waals surface area contributed by atoms with Crippen molar-refractivity contribution in [2.45, 2.75) is 6.92 Å². The van der Waals surface area contributed by atoms with Crippen LogP contribution in [0.4, 0.5) is 0 Å². The highest BCUT2D eigenvalue weighted by Crippen LogP contribution is 2.23. The molecule has 1 aromatic rings. The molecular formula is C15H24N4O2. The molecule has 0 aliphatic heterocycles. The van der Waals surface area contributed by atoms with E-state index in [1.165, 1.54) is 0 Å². The van der Waals surface area contributed by atoms with Gasteiger partial charge in [-0.15, -0.1) is 0 Å². The van der Waals surface area contributed by atoms with Crippen LogP contribution >= 0.6 is 0 Å². The van der Waals surface area contributed by atoms with Crippen LogP contribution in [0, 0.1) is 0 Å². The quantitative estimate of drug-likeness (QED) is 0.552. The molecule has 1 rings (SSSR count). The molecule has 0 fully saturated rings. The van der Waals surface area contributed by atoms with Gasteiger partial charge in [-0.1, -0.05) is 12.1 Å². The average molecular weight is 292 g/mol. The van der Waals surface area contributed by atoms with Crippen molar-refractivity contribution in [3.05, 3.63) is 47.4 Å². The van der Waals surface area contributed by atoms with Crippen molar-refractivity contribution in [3.8, 4) is 5.75 Å². The zero-order chi connectivity index (χ0) is 15.8. The van der Waals surface area contributed by atoms with Gasteiger partial charge in [0.05, 0.1) is 12.3 Å². The van der Waals surface area contributed by atoms with E-state index in [2.05, 4.69) is 0 Å². The molecule has 0 aliphatic rings. The van der Waals surface area contributed by atoms with Gasteiger partial charge in [0.2, 0.25) is 0 Å². The maximum Gasteiger partial charge on any atom is 0.124 e. The molecule has 6 nitrogen and oxygen atoms in total. The number of aromatic hydroxyl groups is 1. The van der Waals surface area contributed by atoms with Crippen LogP contribution in [0.25, 0.3) is 5.70 Å². The first-order valence-electron chi connectivity index (χ1n) is 6.75. The van der Waals surface area contributed by atoms with Gasteiger partial charge in [-0.05, 0) is 25.1 Å². The van der Waals surface area contributed by atoms with Crippen molar-refractivity contribution in [2.75, 3.05) is 26.8 Å². The minimum Gasteiger partial charge on any atom is -0.507 e. The fourth-order valence-electron chi connectivity index (χ4n) is 1.95. The van der Waals surface area contributed by atoms with Crippen LogP contribution in [0.3, 0.4) is 0 Å². The molecule has 0 radical (unpaired) electrons. The lowest BCUT2D eigenvalue weighted by atomic mass is 10.1. The van der Waals surface area contributed by atoms with Crippen molar-refractivity contribution >= 4 is 5.70 Å². The van der Waals surface area contributed by atoms with Crippen molar-refractivity contribution < 1.29 is 9.84 Å². The zero-order valence-corrected chi connectivity index (χ0v) is 12.5. The number of hydrogen-bond acceptors (Lipinski definition) is 6. The first-order valence-corrected chi connectivity index (χ1v) is 6.75. The van der Waals surface area contributed by atoms with E-state index in [1.807, 2.05) is 11.8 Å². The van der Waals surface area contributed by atoms with Crippen molar-refractivity contribution in [1.29, 1.82) is 0 Å². The minimum absolute atomic E-state index is 0.112. The first-order chi connectivity index (χ1) is 10.0. The highest BCUT2D eigenvalue weighted by Gasteiger charge is 2.11. The second-order valence-electron chi connectivity index (χ2n) is 4.53. The molecule has 0 heterocycles. The standard InChI is InChI=1S/C15H24N4O2/c1-3-19(8-9-21-2)13(15(17)18)10-12(16)11-6-4-5-7-14(11)20/h4-7,10,20H,3,8-9,16-18H2,1-2H3/b12-10-. The van der Waals surface area contributed by atoms with Gasteiger partial charge in [0.1, 0.15) is 11.6 Å². The molecule has 21 heavy (non-hydrogen) atoms. The number of benzene rings is 1. The van der Waals surface area contributed by atoms with Crippen LogP contribution in [0.1, 0.15) is 12.5 Å². The van der Waals surface area contributed by atoms with E-state index in [0.29, 0.717) is 36.7 Å². The lowest BCUT2D eigenvalue weighted by molar-refractivity contribution is 0.167. The van der Waals surface area contributed by atoms with Crippen LogP contribution in [-0.4, -0.2) is 36.8 Å². The Morgan fingerprint density at radius 2 is 1.95 bits per heavy atom. The molecule has 7 N–H and O–H groups in total. The molecule has 0 amide bonds. The number of nitrogens with two attached hydrogens (primary N) is 3. The lowest BCUT2D eigenvalue weighted by Crippen LogP contribution is -2.30. The number of hydrogen-bond donors (Lipinski definition) is 4. The summed E-state index contributed by atoms with van der Waals surface area (Å²) in [7, 11) is 1.63. The minimum atomic E-state index is 0.112. The molecule has 0 aliphatic carbocycles. The summed E-state index contributed by atoms with van der Waals surface area (Å²) in [6, 6.07) is 6.84. The van der Waals surface area contributed by atoms with Crippen LogP contribution in [0.5, 0.6) is 5.75 Å². The summed E-state index contributed by atoms with van der Waals surface area (Å²) in [4.78, 5) is 1.96. The number of rotatable bonds is 7. The Morgan fingerprint density at radius 3 is 2.48 bits per heavy atom. The van der Waals surface area contributed by atoms with Gasteiger partial charge in [0.25, 0.3) is 0 Å². The number of allylic oxidation sites excluding steroid dienone is 1. The number of ether oxygens (including phenoxy) is 1. The SMILES string of the molecule is CCN(CCOC)C(/C=C(\N)c1ccccc1O)=C(N)N. The Bertz CT molecular complexity index is 522. The molecule has 1 aromatic carbocycles. The van der Waals surface area contributed by atoms with Crippen LogP contribution < -0.4 is 17.2 Å². The maximum absolute atomic E-state index is 9.84. The Hall–Kier alpha value is -2.34. The molecule has 6 heteroatoms. The topological polar surface area (TPSA) is 111 Å².